The molecule has 0 aromatic heterocycles. The van der Waals surface area contributed by atoms with Crippen molar-refractivity contribution in [2.75, 3.05) is 6.61 Å². The number of hydrogen-bond donors (Lipinski definition) is 0. The van der Waals surface area contributed by atoms with Gasteiger partial charge in [0, 0.05) is 34.9 Å². The summed E-state index contributed by atoms with van der Waals surface area (Å²) in [6.07, 6.45) is 2.02. The molecule has 160 valence electrons. The molecule has 2 aliphatic rings. The summed E-state index contributed by atoms with van der Waals surface area (Å²) in [5.74, 6) is -0.703. The monoisotopic (exact) mass is 417 g/mol. The highest BCUT2D eigenvalue weighted by atomic mass is 16.5. The zero-order chi connectivity index (χ0) is 21.8. The van der Waals surface area contributed by atoms with Gasteiger partial charge in [-0.1, -0.05) is 48.5 Å². The zero-order valence-corrected chi connectivity index (χ0v) is 18.0. The molecular formula is C26H27NO4. The summed E-state index contributed by atoms with van der Waals surface area (Å²) in [4.78, 5) is 30.7. The number of Topliss-reactive ketones (excluding diaryl/α,β-unsaturated/α-hetero) is 1. The van der Waals surface area contributed by atoms with Crippen LogP contribution in [0.3, 0.4) is 0 Å². The molecule has 5 heteroatoms. The number of rotatable bonds is 6. The third kappa shape index (κ3) is 4.31. The molecule has 0 bridgehead atoms. The number of ketones is 1. The molecule has 0 radical (unpaired) electrons. The van der Waals surface area contributed by atoms with Crippen LogP contribution in [-0.4, -0.2) is 24.1 Å². The lowest BCUT2D eigenvalue weighted by Gasteiger charge is -2.35. The Bertz CT molecular complexity index is 1040. The molecule has 1 aliphatic carbocycles. The molecule has 2 unspecified atom stereocenters. The van der Waals surface area contributed by atoms with E-state index in [1.54, 1.807) is 6.92 Å². The van der Waals surface area contributed by atoms with E-state index in [0.717, 1.165) is 29.7 Å². The summed E-state index contributed by atoms with van der Waals surface area (Å²) in [6.45, 7) is 4.32. The van der Waals surface area contributed by atoms with Crippen molar-refractivity contribution in [1.29, 1.82) is 0 Å². The second kappa shape index (κ2) is 9.29. The zero-order valence-electron chi connectivity index (χ0n) is 18.0. The Morgan fingerprint density at radius 3 is 2.58 bits per heavy atom. The van der Waals surface area contributed by atoms with E-state index in [2.05, 4.69) is 4.99 Å². The van der Waals surface area contributed by atoms with Crippen LogP contribution in [0.25, 0.3) is 0 Å². The van der Waals surface area contributed by atoms with Gasteiger partial charge in [-0.25, -0.2) is 0 Å². The van der Waals surface area contributed by atoms with E-state index in [9.17, 15) is 9.59 Å². The van der Waals surface area contributed by atoms with Crippen LogP contribution >= 0.6 is 0 Å². The second-order valence-corrected chi connectivity index (χ2v) is 7.91. The number of para-hydroxylation sites is 1. The van der Waals surface area contributed by atoms with E-state index in [0.29, 0.717) is 30.1 Å². The Kier molecular flexibility index (Phi) is 6.31. The maximum atomic E-state index is 13.0. The van der Waals surface area contributed by atoms with Gasteiger partial charge < -0.3 is 9.47 Å². The van der Waals surface area contributed by atoms with Gasteiger partial charge in [0.15, 0.2) is 5.78 Å². The van der Waals surface area contributed by atoms with Gasteiger partial charge in [0.05, 0.1) is 6.61 Å². The summed E-state index contributed by atoms with van der Waals surface area (Å²) in [5.41, 5.74) is 4.01. The average molecular weight is 418 g/mol. The minimum absolute atomic E-state index is 0.0645. The first-order valence-electron chi connectivity index (χ1n) is 10.8. The minimum atomic E-state index is -0.637. The SMILES string of the molecule is CCOC(=O)C1C(C)=NC2=C(C(=O)CCC2)C1c1ccccc1OCc1ccccc1. The van der Waals surface area contributed by atoms with Crippen molar-refractivity contribution < 1.29 is 19.1 Å². The van der Waals surface area contributed by atoms with Gasteiger partial charge in [0.2, 0.25) is 0 Å². The average Bonchev–Trinajstić information content (AvgIpc) is 2.78. The van der Waals surface area contributed by atoms with Crippen molar-refractivity contribution in [2.45, 2.75) is 45.6 Å². The Hall–Kier alpha value is -3.21. The fourth-order valence-electron chi connectivity index (χ4n) is 4.48. The van der Waals surface area contributed by atoms with Crippen molar-refractivity contribution in [1.82, 2.24) is 0 Å². The number of carbonyl (C=O) groups excluding carboxylic acids is 2. The number of nitrogens with zero attached hydrogens (tertiary/aromatic N) is 1. The number of hydrogen-bond acceptors (Lipinski definition) is 5. The van der Waals surface area contributed by atoms with E-state index >= 15 is 0 Å². The predicted octanol–water partition coefficient (Wildman–Crippen LogP) is 5.01. The molecule has 0 saturated heterocycles. The van der Waals surface area contributed by atoms with Crippen molar-refractivity contribution >= 4 is 17.5 Å². The smallest absolute Gasteiger partial charge is 0.315 e. The molecule has 0 fully saturated rings. The molecule has 1 heterocycles. The maximum Gasteiger partial charge on any atom is 0.315 e. The molecule has 0 N–H and O–H groups in total. The van der Waals surface area contributed by atoms with E-state index in [4.69, 9.17) is 9.47 Å². The number of esters is 1. The number of allylic oxidation sites excluding steroid dienone is 2. The van der Waals surface area contributed by atoms with Gasteiger partial charge in [-0.2, -0.15) is 0 Å². The van der Waals surface area contributed by atoms with E-state index in [1.807, 2.05) is 61.5 Å². The quantitative estimate of drug-likeness (QED) is 0.620. The Morgan fingerprint density at radius 2 is 1.81 bits per heavy atom. The Morgan fingerprint density at radius 1 is 1.06 bits per heavy atom. The molecule has 2 atom stereocenters. The van der Waals surface area contributed by atoms with Gasteiger partial charge in [-0.3, -0.25) is 14.6 Å². The highest BCUT2D eigenvalue weighted by molar-refractivity contribution is 6.09. The maximum absolute atomic E-state index is 13.0. The molecule has 0 amide bonds. The molecular weight excluding hydrogens is 390 g/mol. The fraction of sp³-hybridized carbons (Fsp3) is 0.346. The number of carbonyl (C=O) groups is 2. The lowest BCUT2D eigenvalue weighted by molar-refractivity contribution is -0.146. The third-order valence-corrected chi connectivity index (χ3v) is 5.87. The summed E-state index contributed by atoms with van der Waals surface area (Å²) >= 11 is 0. The normalized spacial score (nSPS) is 20.7. The number of benzene rings is 2. The van der Waals surface area contributed by atoms with E-state index in [1.165, 1.54) is 0 Å². The molecule has 2 aromatic carbocycles. The minimum Gasteiger partial charge on any atom is -0.489 e. The van der Waals surface area contributed by atoms with Crippen molar-refractivity contribution in [3.63, 3.8) is 0 Å². The van der Waals surface area contributed by atoms with Crippen LogP contribution in [0.15, 0.2) is 70.9 Å². The van der Waals surface area contributed by atoms with E-state index in [-0.39, 0.29) is 18.4 Å². The first-order chi connectivity index (χ1) is 15.1. The van der Waals surface area contributed by atoms with Gasteiger partial charge in [0.1, 0.15) is 18.3 Å². The van der Waals surface area contributed by atoms with Gasteiger partial charge in [-0.15, -0.1) is 0 Å². The Labute approximate surface area is 182 Å². The molecule has 2 aromatic rings. The number of aliphatic imine (C=N–C) groups is 1. The summed E-state index contributed by atoms with van der Waals surface area (Å²) in [6, 6.07) is 17.6. The van der Waals surface area contributed by atoms with Gasteiger partial charge in [-0.05, 0) is 38.3 Å². The van der Waals surface area contributed by atoms with Crippen LogP contribution in [0.5, 0.6) is 5.75 Å². The molecule has 5 nitrogen and oxygen atoms in total. The van der Waals surface area contributed by atoms with E-state index < -0.39 is 11.8 Å². The highest BCUT2D eigenvalue weighted by Crippen LogP contribution is 2.46. The summed E-state index contributed by atoms with van der Waals surface area (Å²) < 4.78 is 11.6. The molecule has 4 rings (SSSR count). The topological polar surface area (TPSA) is 65.0 Å². The third-order valence-electron chi connectivity index (χ3n) is 5.87. The van der Waals surface area contributed by atoms with Crippen LogP contribution < -0.4 is 4.74 Å². The standard InChI is InChI=1S/C26H27NO4/c1-3-30-26(29)23-17(2)27-20-13-9-14-21(28)25(20)24(23)19-12-7-8-15-22(19)31-16-18-10-5-4-6-11-18/h4-8,10-12,15,23-24H,3,9,13-14,16H2,1-2H3. The van der Waals surface area contributed by atoms with Crippen molar-refractivity contribution in [3.8, 4) is 5.75 Å². The Balaban J connectivity index is 1.77. The van der Waals surface area contributed by atoms with Crippen LogP contribution in [0.2, 0.25) is 0 Å². The van der Waals surface area contributed by atoms with Crippen LogP contribution in [-0.2, 0) is 20.9 Å². The van der Waals surface area contributed by atoms with Gasteiger partial charge >= 0.3 is 5.97 Å². The molecule has 31 heavy (non-hydrogen) atoms. The summed E-state index contributed by atoms with van der Waals surface area (Å²) in [5, 5.41) is 0. The number of ether oxygens (including phenoxy) is 2. The largest absolute Gasteiger partial charge is 0.489 e. The molecule has 0 spiro atoms. The van der Waals surface area contributed by atoms with Crippen LogP contribution in [0, 0.1) is 5.92 Å². The van der Waals surface area contributed by atoms with Gasteiger partial charge in [0.25, 0.3) is 0 Å². The van der Waals surface area contributed by atoms with Crippen molar-refractivity contribution in [2.24, 2.45) is 10.9 Å². The second-order valence-electron chi connectivity index (χ2n) is 7.91. The van der Waals surface area contributed by atoms with Crippen LogP contribution in [0.4, 0.5) is 0 Å². The predicted molar refractivity (Wildman–Crippen MR) is 119 cm³/mol. The fourth-order valence-corrected chi connectivity index (χ4v) is 4.48. The first-order valence-corrected chi connectivity index (χ1v) is 10.8. The van der Waals surface area contributed by atoms with Crippen molar-refractivity contribution in [3.05, 3.63) is 77.0 Å². The lowest BCUT2D eigenvalue weighted by Crippen LogP contribution is -2.37. The van der Waals surface area contributed by atoms with Crippen LogP contribution in [0.1, 0.15) is 50.2 Å². The molecule has 1 aliphatic heterocycles. The highest BCUT2D eigenvalue weighted by Gasteiger charge is 2.44. The molecule has 0 saturated carbocycles. The first kappa shape index (κ1) is 21.0. The lowest BCUT2D eigenvalue weighted by atomic mass is 9.71. The summed E-state index contributed by atoms with van der Waals surface area (Å²) in [7, 11) is 0.